The Morgan fingerprint density at radius 1 is 0.703 bits per heavy atom. The van der Waals surface area contributed by atoms with Crippen LogP contribution in [0.4, 0.5) is 5.69 Å². The van der Waals surface area contributed by atoms with Crippen LogP contribution in [0.3, 0.4) is 0 Å². The number of carbonyl (C=O) groups is 3. The number of fused-ring (bicyclic) bond motifs is 5. The van der Waals surface area contributed by atoms with E-state index >= 15 is 0 Å². The van der Waals surface area contributed by atoms with Gasteiger partial charge >= 0.3 is 0 Å². The number of benzene rings is 3. The second-order valence-electron chi connectivity index (χ2n) is 10.7. The summed E-state index contributed by atoms with van der Waals surface area (Å²) < 4.78 is 0. The molecule has 0 N–H and O–H groups in total. The van der Waals surface area contributed by atoms with Gasteiger partial charge in [-0.3, -0.25) is 14.4 Å². The van der Waals surface area contributed by atoms with Crippen LogP contribution in [0.2, 0.25) is 0 Å². The Bertz CT molecular complexity index is 1460. The summed E-state index contributed by atoms with van der Waals surface area (Å²) in [6.07, 6.45) is 1.98. The summed E-state index contributed by atoms with van der Waals surface area (Å²) in [7, 11) is 0. The number of anilines is 1. The van der Waals surface area contributed by atoms with E-state index in [2.05, 4.69) is 6.92 Å². The first-order valence-electron chi connectivity index (χ1n) is 13.3. The molecule has 2 aliphatic carbocycles. The lowest BCUT2D eigenvalue weighted by Gasteiger charge is -2.37. The minimum absolute atomic E-state index is 0.0275. The maximum Gasteiger partial charge on any atom is 0.239 e. The molecule has 4 atom stereocenters. The van der Waals surface area contributed by atoms with Gasteiger partial charge in [-0.25, -0.2) is 4.90 Å². The molecule has 1 heterocycles. The lowest BCUT2D eigenvalue weighted by Crippen LogP contribution is -2.41. The van der Waals surface area contributed by atoms with Crippen molar-refractivity contribution in [3.63, 3.8) is 0 Å². The highest BCUT2D eigenvalue weighted by atomic mass is 16.2. The third kappa shape index (κ3) is 2.87. The molecule has 2 bridgehead atoms. The van der Waals surface area contributed by atoms with E-state index in [1.165, 1.54) is 4.90 Å². The number of hydrogen-bond donors (Lipinski definition) is 0. The average molecular weight is 490 g/mol. The number of ketones is 1. The summed E-state index contributed by atoms with van der Waals surface area (Å²) in [5.74, 6) is -1.87. The zero-order chi connectivity index (χ0) is 25.9. The number of rotatable bonds is 6. The van der Waals surface area contributed by atoms with Gasteiger partial charge in [-0.2, -0.15) is 0 Å². The van der Waals surface area contributed by atoms with Gasteiger partial charge in [-0.1, -0.05) is 99.1 Å². The molecule has 2 amide bonds. The molecule has 0 spiro atoms. The predicted octanol–water partition coefficient (Wildman–Crippen LogP) is 6.35. The Labute approximate surface area is 218 Å². The molecule has 1 saturated carbocycles. The van der Waals surface area contributed by atoms with Gasteiger partial charge in [0.05, 0.1) is 28.4 Å². The summed E-state index contributed by atoms with van der Waals surface area (Å²) in [5.41, 5.74) is 3.22. The van der Waals surface area contributed by atoms with Gasteiger partial charge in [0, 0.05) is 0 Å². The SMILES string of the molecule is CCC[C@@]12C(=O)[C@@](C)(C(c3ccccc3)=C1c1ccccc1)[C@@H]1C(=O)N(c3ccccc3CC)C(=O)[C@H]12. The molecule has 3 aromatic rings. The summed E-state index contributed by atoms with van der Waals surface area (Å²) in [6, 6.07) is 27.6. The fraction of sp³-hybridized carbons (Fsp3) is 0.303. The van der Waals surface area contributed by atoms with Crippen molar-refractivity contribution in [2.24, 2.45) is 22.7 Å². The highest BCUT2D eigenvalue weighted by molar-refractivity contribution is 6.34. The standard InChI is InChI=1S/C33H31NO3/c1-4-20-33-26(23-17-10-7-11-18-23)25(22-15-8-6-9-16-22)32(3,31(33)37)27-28(33)30(36)34(29(27)35)24-19-13-12-14-21(24)5-2/h6-19,27-28H,4-5,20H2,1-3H3/t27-,28-,32-,33+/m0/s1. The third-order valence-electron chi connectivity index (χ3n) is 8.93. The number of amides is 2. The van der Waals surface area contributed by atoms with Gasteiger partial charge in [-0.05, 0) is 53.7 Å². The molecule has 4 heteroatoms. The van der Waals surface area contributed by atoms with Crippen LogP contribution < -0.4 is 4.90 Å². The molecule has 0 radical (unpaired) electrons. The van der Waals surface area contributed by atoms with E-state index in [0.717, 1.165) is 34.3 Å². The lowest BCUT2D eigenvalue weighted by atomic mass is 9.61. The van der Waals surface area contributed by atoms with E-state index in [1.807, 2.05) is 98.8 Å². The first-order chi connectivity index (χ1) is 17.9. The van der Waals surface area contributed by atoms with Crippen molar-refractivity contribution in [3.05, 3.63) is 102 Å². The first-order valence-corrected chi connectivity index (χ1v) is 13.3. The minimum atomic E-state index is -1.09. The second-order valence-corrected chi connectivity index (χ2v) is 10.7. The van der Waals surface area contributed by atoms with Crippen LogP contribution in [-0.4, -0.2) is 17.6 Å². The number of Topliss-reactive ketones (excluding diaryl/α,β-unsaturated/α-hetero) is 1. The average Bonchev–Trinajstić information content (AvgIpc) is 3.39. The fourth-order valence-corrected chi connectivity index (χ4v) is 7.62. The number of carbonyl (C=O) groups excluding carboxylic acids is 3. The van der Waals surface area contributed by atoms with E-state index in [9.17, 15) is 14.4 Å². The van der Waals surface area contributed by atoms with Crippen molar-refractivity contribution in [3.8, 4) is 0 Å². The molecule has 1 aliphatic heterocycles. The van der Waals surface area contributed by atoms with Crippen molar-refractivity contribution >= 4 is 34.4 Å². The Morgan fingerprint density at radius 2 is 1.24 bits per heavy atom. The Balaban J connectivity index is 1.66. The van der Waals surface area contributed by atoms with Gasteiger partial charge in [0.2, 0.25) is 11.8 Å². The van der Waals surface area contributed by atoms with E-state index in [0.29, 0.717) is 18.5 Å². The molecule has 186 valence electrons. The van der Waals surface area contributed by atoms with E-state index in [1.54, 1.807) is 0 Å². The zero-order valence-electron chi connectivity index (χ0n) is 21.5. The van der Waals surface area contributed by atoms with Crippen LogP contribution in [0.5, 0.6) is 0 Å². The molecule has 3 aromatic carbocycles. The van der Waals surface area contributed by atoms with Gasteiger partial charge in [-0.15, -0.1) is 0 Å². The normalized spacial score (nSPS) is 28.4. The molecule has 0 unspecified atom stereocenters. The van der Waals surface area contributed by atoms with Crippen LogP contribution in [0, 0.1) is 22.7 Å². The molecular weight excluding hydrogens is 458 g/mol. The monoisotopic (exact) mass is 489 g/mol. The summed E-state index contributed by atoms with van der Waals surface area (Å²) >= 11 is 0. The van der Waals surface area contributed by atoms with Crippen molar-refractivity contribution in [2.45, 2.75) is 40.0 Å². The Kier molecular flexibility index (Phi) is 5.34. The molecule has 6 rings (SSSR count). The highest BCUT2D eigenvalue weighted by Gasteiger charge is 2.80. The zero-order valence-corrected chi connectivity index (χ0v) is 21.5. The number of aryl methyl sites for hydroxylation is 1. The maximum absolute atomic E-state index is 14.7. The first kappa shape index (κ1) is 23.6. The van der Waals surface area contributed by atoms with Crippen LogP contribution in [0.1, 0.15) is 50.3 Å². The maximum atomic E-state index is 14.7. The predicted molar refractivity (Wildman–Crippen MR) is 145 cm³/mol. The lowest BCUT2D eigenvalue weighted by molar-refractivity contribution is -0.134. The summed E-state index contributed by atoms with van der Waals surface area (Å²) in [4.78, 5) is 44.8. The summed E-state index contributed by atoms with van der Waals surface area (Å²) in [5, 5.41) is 0. The van der Waals surface area contributed by atoms with Gasteiger partial charge < -0.3 is 0 Å². The smallest absolute Gasteiger partial charge is 0.239 e. The van der Waals surface area contributed by atoms with Gasteiger partial charge in [0.25, 0.3) is 0 Å². The molecule has 3 aliphatic rings. The largest absolute Gasteiger partial charge is 0.298 e. The van der Waals surface area contributed by atoms with Crippen LogP contribution in [-0.2, 0) is 20.8 Å². The van der Waals surface area contributed by atoms with Crippen molar-refractivity contribution in [2.75, 3.05) is 4.90 Å². The third-order valence-corrected chi connectivity index (χ3v) is 8.93. The molecule has 37 heavy (non-hydrogen) atoms. The van der Waals surface area contributed by atoms with Crippen LogP contribution in [0.15, 0.2) is 84.9 Å². The molecule has 0 aromatic heterocycles. The van der Waals surface area contributed by atoms with Crippen LogP contribution in [0.25, 0.3) is 11.1 Å². The number of hydrogen-bond acceptors (Lipinski definition) is 3. The van der Waals surface area contributed by atoms with E-state index in [-0.39, 0.29) is 17.6 Å². The number of nitrogens with zero attached hydrogens (tertiary/aromatic N) is 1. The second kappa shape index (κ2) is 8.37. The molecule has 2 fully saturated rings. The van der Waals surface area contributed by atoms with E-state index < -0.39 is 22.7 Å². The Morgan fingerprint density at radius 3 is 1.84 bits per heavy atom. The topological polar surface area (TPSA) is 54.5 Å². The summed E-state index contributed by atoms with van der Waals surface area (Å²) in [6.45, 7) is 6.00. The fourth-order valence-electron chi connectivity index (χ4n) is 7.62. The quantitative estimate of drug-likeness (QED) is 0.379. The van der Waals surface area contributed by atoms with Crippen molar-refractivity contribution < 1.29 is 14.4 Å². The van der Waals surface area contributed by atoms with Crippen LogP contribution >= 0.6 is 0 Å². The van der Waals surface area contributed by atoms with Crippen molar-refractivity contribution in [1.82, 2.24) is 0 Å². The van der Waals surface area contributed by atoms with Crippen molar-refractivity contribution in [1.29, 1.82) is 0 Å². The molecule has 4 nitrogen and oxygen atoms in total. The number of para-hydroxylation sites is 1. The number of allylic oxidation sites excluding steroid dienone is 2. The highest BCUT2D eigenvalue weighted by Crippen LogP contribution is 2.75. The van der Waals surface area contributed by atoms with Gasteiger partial charge in [0.15, 0.2) is 5.78 Å². The Hall–Kier alpha value is -3.79. The number of imide groups is 1. The van der Waals surface area contributed by atoms with E-state index in [4.69, 9.17) is 0 Å². The minimum Gasteiger partial charge on any atom is -0.298 e. The molecule has 1 saturated heterocycles. The molecular formula is C33H31NO3. The van der Waals surface area contributed by atoms with Gasteiger partial charge in [0.1, 0.15) is 0 Å².